The molecule has 2 unspecified atom stereocenters. The molecular formula is C12H16ClNO4. The molecule has 6 heteroatoms. The fourth-order valence-corrected chi connectivity index (χ4v) is 1.91. The molecule has 0 bridgehead atoms. The second-order valence-corrected chi connectivity index (χ2v) is 4.44. The lowest BCUT2D eigenvalue weighted by molar-refractivity contribution is -0.136. The molecule has 0 saturated heterocycles. The van der Waals surface area contributed by atoms with E-state index in [0.29, 0.717) is 16.1 Å². The van der Waals surface area contributed by atoms with E-state index in [1.54, 1.807) is 6.07 Å². The number of carboxylic acids is 1. The van der Waals surface area contributed by atoms with E-state index in [9.17, 15) is 15.0 Å². The van der Waals surface area contributed by atoms with Crippen LogP contribution in [0.25, 0.3) is 0 Å². The summed E-state index contributed by atoms with van der Waals surface area (Å²) in [7, 11) is 0. The van der Waals surface area contributed by atoms with Crippen molar-refractivity contribution in [2.24, 2.45) is 5.73 Å². The predicted molar refractivity (Wildman–Crippen MR) is 67.4 cm³/mol. The first-order valence-corrected chi connectivity index (χ1v) is 5.89. The lowest BCUT2D eigenvalue weighted by Gasteiger charge is -2.20. The maximum Gasteiger partial charge on any atom is 0.307 e. The van der Waals surface area contributed by atoms with Crippen LogP contribution in [0.15, 0.2) is 18.2 Å². The van der Waals surface area contributed by atoms with E-state index in [4.69, 9.17) is 22.4 Å². The molecule has 5 nitrogen and oxygen atoms in total. The maximum atomic E-state index is 10.7. The molecule has 5 N–H and O–H groups in total. The Morgan fingerprint density at radius 3 is 2.61 bits per heavy atom. The van der Waals surface area contributed by atoms with Crippen molar-refractivity contribution in [2.75, 3.05) is 6.54 Å². The van der Waals surface area contributed by atoms with Gasteiger partial charge >= 0.3 is 5.97 Å². The SMILES string of the molecule is NCCC(O)C(O)c1ccc(Cl)cc1CC(=O)O. The first-order valence-electron chi connectivity index (χ1n) is 5.52. The highest BCUT2D eigenvalue weighted by atomic mass is 35.5. The summed E-state index contributed by atoms with van der Waals surface area (Å²) in [6.45, 7) is 0.236. The van der Waals surface area contributed by atoms with Crippen molar-refractivity contribution in [1.82, 2.24) is 0 Å². The van der Waals surface area contributed by atoms with Gasteiger partial charge in [-0.1, -0.05) is 17.7 Å². The van der Waals surface area contributed by atoms with Crippen LogP contribution < -0.4 is 5.73 Å². The zero-order valence-corrected chi connectivity index (χ0v) is 10.5. The van der Waals surface area contributed by atoms with E-state index in [2.05, 4.69) is 0 Å². The van der Waals surface area contributed by atoms with Gasteiger partial charge in [0, 0.05) is 5.02 Å². The summed E-state index contributed by atoms with van der Waals surface area (Å²) in [4.78, 5) is 10.7. The lowest BCUT2D eigenvalue weighted by atomic mass is 9.95. The van der Waals surface area contributed by atoms with Crippen LogP contribution in [0.2, 0.25) is 5.02 Å². The van der Waals surface area contributed by atoms with E-state index in [0.717, 1.165) is 0 Å². The summed E-state index contributed by atoms with van der Waals surface area (Å²) in [6, 6.07) is 4.54. The number of aliphatic hydroxyl groups excluding tert-OH is 2. The van der Waals surface area contributed by atoms with Crippen molar-refractivity contribution in [1.29, 1.82) is 0 Å². The number of aliphatic carboxylic acids is 1. The van der Waals surface area contributed by atoms with Gasteiger partial charge in [0.2, 0.25) is 0 Å². The third kappa shape index (κ3) is 3.96. The van der Waals surface area contributed by atoms with Crippen LogP contribution in [0, 0.1) is 0 Å². The van der Waals surface area contributed by atoms with Crippen LogP contribution in [-0.2, 0) is 11.2 Å². The summed E-state index contributed by atoms with van der Waals surface area (Å²) in [5.74, 6) is -1.03. The van der Waals surface area contributed by atoms with Crippen LogP contribution >= 0.6 is 11.6 Å². The van der Waals surface area contributed by atoms with Crippen molar-refractivity contribution in [3.05, 3.63) is 34.3 Å². The number of carboxylic acid groups (broad SMARTS) is 1. The minimum Gasteiger partial charge on any atom is -0.481 e. The first kappa shape index (κ1) is 14.9. The predicted octanol–water partition coefficient (Wildman–Crippen LogP) is 0.710. The van der Waals surface area contributed by atoms with E-state index >= 15 is 0 Å². The number of benzene rings is 1. The molecule has 0 spiro atoms. The van der Waals surface area contributed by atoms with Crippen molar-refractivity contribution in [2.45, 2.75) is 25.0 Å². The van der Waals surface area contributed by atoms with E-state index in [-0.39, 0.29) is 19.4 Å². The summed E-state index contributed by atoms with van der Waals surface area (Å²) in [5, 5.41) is 28.8. The Kier molecular flexibility index (Phi) is 5.55. The van der Waals surface area contributed by atoms with Crippen LogP contribution in [0.3, 0.4) is 0 Å². The molecule has 1 aromatic rings. The fraction of sp³-hybridized carbons (Fsp3) is 0.417. The van der Waals surface area contributed by atoms with E-state index in [1.165, 1.54) is 12.1 Å². The molecule has 0 aliphatic carbocycles. The quantitative estimate of drug-likeness (QED) is 0.611. The van der Waals surface area contributed by atoms with Gasteiger partial charge in [-0.2, -0.15) is 0 Å². The number of nitrogens with two attached hydrogens (primary N) is 1. The molecule has 0 fully saturated rings. The Labute approximate surface area is 110 Å². The zero-order chi connectivity index (χ0) is 13.7. The summed E-state index contributed by atoms with van der Waals surface area (Å²) >= 11 is 5.79. The largest absolute Gasteiger partial charge is 0.481 e. The molecule has 0 heterocycles. The topological polar surface area (TPSA) is 104 Å². The molecule has 0 aliphatic rings. The van der Waals surface area contributed by atoms with Crippen molar-refractivity contribution < 1.29 is 20.1 Å². The van der Waals surface area contributed by atoms with Gasteiger partial charge in [0.1, 0.15) is 6.10 Å². The second-order valence-electron chi connectivity index (χ2n) is 4.00. The molecule has 0 aromatic heterocycles. The van der Waals surface area contributed by atoms with E-state index in [1.807, 2.05) is 0 Å². The Hall–Kier alpha value is -1.14. The van der Waals surface area contributed by atoms with Crippen LogP contribution in [0.4, 0.5) is 0 Å². The molecule has 1 aromatic carbocycles. The van der Waals surface area contributed by atoms with Crippen molar-refractivity contribution >= 4 is 17.6 Å². The van der Waals surface area contributed by atoms with Gasteiger partial charge in [-0.05, 0) is 36.2 Å². The molecular weight excluding hydrogens is 258 g/mol. The number of rotatable bonds is 6. The van der Waals surface area contributed by atoms with Gasteiger partial charge in [0.25, 0.3) is 0 Å². The summed E-state index contributed by atoms with van der Waals surface area (Å²) < 4.78 is 0. The molecule has 0 saturated carbocycles. The normalized spacial score (nSPS) is 14.2. The second kappa shape index (κ2) is 6.70. The standard InChI is InChI=1S/C12H16ClNO4/c13-8-1-2-9(7(5-8)6-11(16)17)12(18)10(15)3-4-14/h1-2,5,10,12,15,18H,3-4,6,14H2,(H,16,17). The Bertz CT molecular complexity index is 425. The number of halogens is 1. The summed E-state index contributed by atoms with van der Waals surface area (Å²) in [5.41, 5.74) is 6.05. The highest BCUT2D eigenvalue weighted by molar-refractivity contribution is 6.30. The molecule has 0 amide bonds. The van der Waals surface area contributed by atoms with Gasteiger partial charge in [-0.15, -0.1) is 0 Å². The van der Waals surface area contributed by atoms with Gasteiger partial charge in [-0.3, -0.25) is 4.79 Å². The van der Waals surface area contributed by atoms with Crippen LogP contribution in [-0.4, -0.2) is 33.9 Å². The third-order valence-electron chi connectivity index (χ3n) is 2.59. The molecule has 1 rings (SSSR count). The summed E-state index contributed by atoms with van der Waals surface area (Å²) in [6.07, 6.45) is -2.22. The number of hydrogen-bond acceptors (Lipinski definition) is 4. The molecule has 100 valence electrons. The Balaban J connectivity index is 3.02. The van der Waals surface area contributed by atoms with E-state index < -0.39 is 18.2 Å². The van der Waals surface area contributed by atoms with Gasteiger partial charge in [0.05, 0.1) is 12.5 Å². The van der Waals surface area contributed by atoms with Gasteiger partial charge < -0.3 is 21.1 Å². The highest BCUT2D eigenvalue weighted by Crippen LogP contribution is 2.25. The number of aliphatic hydroxyl groups is 2. The molecule has 18 heavy (non-hydrogen) atoms. The Morgan fingerprint density at radius 2 is 2.06 bits per heavy atom. The maximum absolute atomic E-state index is 10.7. The zero-order valence-electron chi connectivity index (χ0n) is 9.71. The molecule has 0 aliphatic heterocycles. The van der Waals surface area contributed by atoms with Crippen molar-refractivity contribution in [3.8, 4) is 0 Å². The fourth-order valence-electron chi connectivity index (χ4n) is 1.71. The smallest absolute Gasteiger partial charge is 0.307 e. The molecule has 2 atom stereocenters. The van der Waals surface area contributed by atoms with Crippen LogP contribution in [0.1, 0.15) is 23.7 Å². The first-order chi connectivity index (χ1) is 8.45. The average molecular weight is 274 g/mol. The Morgan fingerprint density at radius 1 is 1.39 bits per heavy atom. The minimum absolute atomic E-state index is 0.232. The number of hydrogen-bond donors (Lipinski definition) is 4. The number of carbonyl (C=O) groups is 1. The third-order valence-corrected chi connectivity index (χ3v) is 2.83. The monoisotopic (exact) mass is 273 g/mol. The minimum atomic E-state index is -1.17. The highest BCUT2D eigenvalue weighted by Gasteiger charge is 2.21. The van der Waals surface area contributed by atoms with Gasteiger partial charge in [-0.25, -0.2) is 0 Å². The van der Waals surface area contributed by atoms with Gasteiger partial charge in [0.15, 0.2) is 0 Å². The molecule has 0 radical (unpaired) electrons. The average Bonchev–Trinajstić information content (AvgIpc) is 2.28. The van der Waals surface area contributed by atoms with Crippen LogP contribution in [0.5, 0.6) is 0 Å². The van der Waals surface area contributed by atoms with Crippen molar-refractivity contribution in [3.63, 3.8) is 0 Å². The lowest BCUT2D eigenvalue weighted by Crippen LogP contribution is -2.23.